The average Bonchev–Trinajstić information content (AvgIpc) is 2.04. The number of hydrogen-bond donors (Lipinski definition) is 0. The molecule has 1 rings (SSSR count). The summed E-state index contributed by atoms with van der Waals surface area (Å²) in [5.74, 6) is 2.66. The fourth-order valence-corrected chi connectivity index (χ4v) is 0.872. The van der Waals surface area contributed by atoms with E-state index in [9.17, 15) is 3.89 Å². The van der Waals surface area contributed by atoms with Gasteiger partial charge in [-0.2, -0.15) is 3.89 Å². The first-order valence-electron chi connectivity index (χ1n) is 3.18. The molecule has 56 valence electrons. The zero-order valence-corrected chi connectivity index (χ0v) is 6.91. The average molecular weight is 166 g/mol. The molecule has 0 N–H and O–H groups in total. The molecule has 0 radical (unpaired) electrons. The van der Waals surface area contributed by atoms with Crippen LogP contribution in [0.2, 0.25) is 0 Å². The highest BCUT2D eigenvalue weighted by Gasteiger charge is 1.84. The summed E-state index contributed by atoms with van der Waals surface area (Å²) in [5, 5.41) is 2.28. The summed E-state index contributed by atoms with van der Waals surface area (Å²) in [6, 6.07) is 7.65. The Kier molecular flexibility index (Phi) is 3.00. The fraction of sp³-hybridized carbons (Fsp3) is 0.111. The lowest BCUT2D eigenvalue weighted by Gasteiger charge is -1.90. The van der Waals surface area contributed by atoms with Gasteiger partial charge in [-0.25, -0.2) is 0 Å². The molecule has 1 aromatic carbocycles. The first-order chi connectivity index (χ1) is 5.33. The van der Waals surface area contributed by atoms with Gasteiger partial charge in [-0.15, -0.1) is 0 Å². The van der Waals surface area contributed by atoms with E-state index < -0.39 is 0 Å². The minimum absolute atomic E-state index is 0.0395. The summed E-state index contributed by atoms with van der Waals surface area (Å²) in [4.78, 5) is 0. The van der Waals surface area contributed by atoms with Crippen LogP contribution in [0, 0.1) is 18.1 Å². The Balaban J connectivity index is 2.82. The van der Waals surface area contributed by atoms with Crippen molar-refractivity contribution in [3.05, 3.63) is 35.4 Å². The van der Waals surface area contributed by atoms with Crippen molar-refractivity contribution in [2.75, 3.05) is 0 Å². The minimum atomic E-state index is 0.0395. The molecule has 0 heterocycles. The molecule has 0 amide bonds. The van der Waals surface area contributed by atoms with Gasteiger partial charge >= 0.3 is 0 Å². The summed E-state index contributed by atoms with van der Waals surface area (Å²) >= 11 is 0.0395. The molecule has 0 unspecified atom stereocenters. The number of hydrogen-bond acceptors (Lipinski definition) is 1. The Labute approximate surface area is 70.1 Å². The van der Waals surface area contributed by atoms with Crippen molar-refractivity contribution < 1.29 is 3.89 Å². The van der Waals surface area contributed by atoms with Gasteiger partial charge in [0, 0.05) is 10.8 Å². The van der Waals surface area contributed by atoms with Crippen LogP contribution >= 0.6 is 12.1 Å². The van der Waals surface area contributed by atoms with Gasteiger partial charge in [-0.1, -0.05) is 23.6 Å². The highest BCUT2D eigenvalue weighted by atomic mass is 32.2. The molecule has 0 saturated heterocycles. The highest BCUT2D eigenvalue weighted by molar-refractivity contribution is 7.99. The third kappa shape index (κ3) is 2.65. The van der Waals surface area contributed by atoms with Crippen molar-refractivity contribution in [2.45, 2.75) is 6.92 Å². The van der Waals surface area contributed by atoms with Gasteiger partial charge in [-0.3, -0.25) is 0 Å². The quantitative estimate of drug-likeness (QED) is 0.534. The Hall–Kier alpha value is -0.940. The standard InChI is InChI=1S/C9H7FS/c1-8-2-4-9(5-3-8)6-7-11-10/h2-5H,1H3. The number of benzene rings is 1. The van der Waals surface area contributed by atoms with Crippen LogP contribution in [0.4, 0.5) is 3.89 Å². The molecule has 0 atom stereocenters. The van der Waals surface area contributed by atoms with E-state index in [0.29, 0.717) is 0 Å². The van der Waals surface area contributed by atoms with Crippen molar-refractivity contribution in [2.24, 2.45) is 0 Å². The molecule has 0 aliphatic heterocycles. The predicted molar refractivity (Wildman–Crippen MR) is 46.8 cm³/mol. The van der Waals surface area contributed by atoms with Gasteiger partial charge in [0.1, 0.15) is 12.1 Å². The molecule has 0 saturated carbocycles. The van der Waals surface area contributed by atoms with Gasteiger partial charge in [0.2, 0.25) is 0 Å². The molecule has 1 aromatic rings. The van der Waals surface area contributed by atoms with Crippen LogP contribution in [-0.2, 0) is 0 Å². The molecule has 0 spiro atoms. The maximum Gasteiger partial charge on any atom is 0.134 e. The Morgan fingerprint density at radius 3 is 2.45 bits per heavy atom. The fourth-order valence-electron chi connectivity index (χ4n) is 0.715. The van der Waals surface area contributed by atoms with E-state index in [1.807, 2.05) is 31.2 Å². The summed E-state index contributed by atoms with van der Waals surface area (Å²) in [6.07, 6.45) is 0. The largest absolute Gasteiger partial charge is 0.150 e. The molecule has 2 heteroatoms. The van der Waals surface area contributed by atoms with E-state index in [1.54, 1.807) is 0 Å². The van der Waals surface area contributed by atoms with E-state index in [-0.39, 0.29) is 12.1 Å². The lowest BCUT2D eigenvalue weighted by molar-refractivity contribution is 0.949. The Morgan fingerprint density at radius 2 is 1.91 bits per heavy atom. The number of rotatable bonds is 0. The van der Waals surface area contributed by atoms with Crippen LogP contribution in [0.15, 0.2) is 24.3 Å². The molecule has 0 bridgehead atoms. The van der Waals surface area contributed by atoms with Crippen molar-refractivity contribution in [1.29, 1.82) is 0 Å². The van der Waals surface area contributed by atoms with Crippen LogP contribution in [0.5, 0.6) is 0 Å². The topological polar surface area (TPSA) is 0 Å². The summed E-state index contributed by atoms with van der Waals surface area (Å²) in [6.45, 7) is 2.00. The van der Waals surface area contributed by atoms with Crippen LogP contribution in [0.25, 0.3) is 0 Å². The van der Waals surface area contributed by atoms with Gasteiger partial charge in [-0.05, 0) is 19.1 Å². The van der Waals surface area contributed by atoms with E-state index in [2.05, 4.69) is 11.2 Å². The number of aryl methyl sites for hydroxylation is 1. The smallest absolute Gasteiger partial charge is 0.134 e. The molecule has 0 aliphatic rings. The van der Waals surface area contributed by atoms with Crippen LogP contribution in [0.1, 0.15) is 11.1 Å². The van der Waals surface area contributed by atoms with Crippen molar-refractivity contribution in [3.63, 3.8) is 0 Å². The number of halogens is 1. The second-order valence-electron chi connectivity index (χ2n) is 2.17. The van der Waals surface area contributed by atoms with E-state index in [1.165, 1.54) is 5.56 Å². The van der Waals surface area contributed by atoms with Crippen molar-refractivity contribution >= 4 is 12.1 Å². The second-order valence-corrected chi connectivity index (χ2v) is 2.53. The van der Waals surface area contributed by atoms with E-state index in [0.717, 1.165) is 5.56 Å². The summed E-state index contributed by atoms with van der Waals surface area (Å²) in [5.41, 5.74) is 2.03. The lowest BCUT2D eigenvalue weighted by Crippen LogP contribution is -1.73. The predicted octanol–water partition coefficient (Wildman–Crippen LogP) is 2.92. The van der Waals surface area contributed by atoms with Crippen LogP contribution in [-0.4, -0.2) is 0 Å². The first-order valence-corrected chi connectivity index (χ1v) is 3.90. The normalized spacial score (nSPS) is 8.55. The molecule has 0 fully saturated rings. The highest BCUT2D eigenvalue weighted by Crippen LogP contribution is 2.02. The Bertz CT molecular complexity index is 279. The molecule has 0 nitrogen and oxygen atoms in total. The van der Waals surface area contributed by atoms with Crippen molar-refractivity contribution in [3.8, 4) is 11.2 Å². The van der Waals surface area contributed by atoms with Crippen molar-refractivity contribution in [1.82, 2.24) is 0 Å². The monoisotopic (exact) mass is 166 g/mol. The first kappa shape index (κ1) is 8.16. The minimum Gasteiger partial charge on any atom is -0.150 e. The van der Waals surface area contributed by atoms with E-state index in [4.69, 9.17) is 0 Å². The zero-order valence-electron chi connectivity index (χ0n) is 6.10. The van der Waals surface area contributed by atoms with Crippen LogP contribution < -0.4 is 0 Å². The summed E-state index contributed by atoms with van der Waals surface area (Å²) in [7, 11) is 0. The maximum absolute atomic E-state index is 11.5. The SMILES string of the molecule is Cc1ccc(C#CSF)cc1. The van der Waals surface area contributed by atoms with E-state index >= 15 is 0 Å². The van der Waals surface area contributed by atoms with Crippen LogP contribution in [0.3, 0.4) is 0 Å². The lowest BCUT2D eigenvalue weighted by atomic mass is 10.2. The molecule has 11 heavy (non-hydrogen) atoms. The molecular weight excluding hydrogens is 159 g/mol. The molecular formula is C9H7FS. The second kappa shape index (κ2) is 4.05. The summed E-state index contributed by atoms with van der Waals surface area (Å²) < 4.78 is 11.5. The van der Waals surface area contributed by atoms with Gasteiger partial charge in [0.15, 0.2) is 0 Å². The van der Waals surface area contributed by atoms with Gasteiger partial charge < -0.3 is 0 Å². The molecule has 0 aromatic heterocycles. The third-order valence-corrected chi connectivity index (χ3v) is 1.46. The van der Waals surface area contributed by atoms with Gasteiger partial charge in [0.25, 0.3) is 0 Å². The zero-order chi connectivity index (χ0) is 8.10. The molecule has 0 aliphatic carbocycles. The Morgan fingerprint density at radius 1 is 1.27 bits per heavy atom. The maximum atomic E-state index is 11.5. The third-order valence-electron chi connectivity index (χ3n) is 1.29. The van der Waals surface area contributed by atoms with Gasteiger partial charge in [0.05, 0.1) is 0 Å².